The van der Waals surface area contributed by atoms with Crippen LogP contribution in [-0.2, 0) is 21.4 Å². The van der Waals surface area contributed by atoms with Crippen LogP contribution in [0, 0.1) is 5.92 Å². The molecule has 1 aromatic carbocycles. The highest BCUT2D eigenvalue weighted by Crippen LogP contribution is 2.31. The van der Waals surface area contributed by atoms with E-state index in [0.717, 1.165) is 17.1 Å². The van der Waals surface area contributed by atoms with Crippen molar-refractivity contribution in [2.24, 2.45) is 5.92 Å². The molecule has 2 aromatic rings. The number of nitrogens with one attached hydrogen (secondary N) is 1. The van der Waals surface area contributed by atoms with Gasteiger partial charge in [0.25, 0.3) is 5.91 Å². The van der Waals surface area contributed by atoms with E-state index in [0.29, 0.717) is 30.4 Å². The number of nitrogens with zero attached hydrogens (tertiary/aromatic N) is 4. The lowest BCUT2D eigenvalue weighted by Gasteiger charge is -2.30. The second-order valence-electron chi connectivity index (χ2n) is 7.82. The summed E-state index contributed by atoms with van der Waals surface area (Å²) in [5, 5.41) is 2.46. The lowest BCUT2D eigenvalue weighted by Crippen LogP contribution is -2.41. The molecule has 30 heavy (non-hydrogen) atoms. The zero-order valence-electron chi connectivity index (χ0n) is 17.0. The molecule has 1 aromatic heterocycles. The van der Waals surface area contributed by atoms with E-state index in [1.165, 1.54) is 19.4 Å². The van der Waals surface area contributed by atoms with Gasteiger partial charge in [-0.1, -0.05) is 19.1 Å². The van der Waals surface area contributed by atoms with Gasteiger partial charge in [-0.3, -0.25) is 14.2 Å². The molecule has 1 atom stereocenters. The van der Waals surface area contributed by atoms with E-state index >= 15 is 0 Å². The van der Waals surface area contributed by atoms with E-state index in [1.807, 2.05) is 0 Å². The van der Waals surface area contributed by atoms with E-state index in [9.17, 15) is 18.0 Å². The third-order valence-corrected chi connectivity index (χ3v) is 7.52. The van der Waals surface area contributed by atoms with Crippen LogP contribution in [0.15, 0.2) is 35.5 Å². The molecule has 2 aliphatic rings. The van der Waals surface area contributed by atoms with Gasteiger partial charge in [-0.25, -0.2) is 13.4 Å². The first-order valence-electron chi connectivity index (χ1n) is 9.98. The Hall–Kier alpha value is -2.72. The second kappa shape index (κ2) is 7.84. The van der Waals surface area contributed by atoms with Crippen molar-refractivity contribution < 1.29 is 18.0 Å². The number of piperidine rings is 1. The number of imidazole rings is 1. The van der Waals surface area contributed by atoms with E-state index in [1.54, 1.807) is 27.7 Å². The van der Waals surface area contributed by atoms with Crippen molar-refractivity contribution >= 4 is 21.8 Å². The third kappa shape index (κ3) is 3.50. The molecule has 4 rings (SSSR count). The smallest absolute Gasteiger partial charge is 0.274 e. The number of aromatic nitrogens is 2. The Morgan fingerprint density at radius 3 is 2.77 bits per heavy atom. The molecule has 1 fully saturated rings. The largest absolute Gasteiger partial charge is 0.358 e. The average molecular weight is 432 g/mol. The van der Waals surface area contributed by atoms with Crippen molar-refractivity contribution in [3.63, 3.8) is 0 Å². The number of carbonyl (C=O) groups excluding carboxylic acids is 2. The lowest BCUT2D eigenvalue weighted by atomic mass is 10.00. The van der Waals surface area contributed by atoms with Crippen LogP contribution < -0.4 is 5.32 Å². The summed E-state index contributed by atoms with van der Waals surface area (Å²) in [5.41, 5.74) is 1.12. The van der Waals surface area contributed by atoms with Crippen LogP contribution in [-0.4, -0.2) is 65.7 Å². The first-order valence-corrected chi connectivity index (χ1v) is 11.4. The Kier molecular flexibility index (Phi) is 5.37. The molecule has 3 heterocycles. The van der Waals surface area contributed by atoms with Crippen LogP contribution in [0.3, 0.4) is 0 Å². The number of likely N-dealkylation sites (N-methyl/N-ethyl adjacent to an activating group) is 1. The molecule has 0 radical (unpaired) electrons. The Labute approximate surface area is 175 Å². The van der Waals surface area contributed by atoms with Gasteiger partial charge in [-0.15, -0.1) is 0 Å². The number of amides is 2. The fourth-order valence-corrected chi connectivity index (χ4v) is 5.62. The molecule has 0 spiro atoms. The van der Waals surface area contributed by atoms with Gasteiger partial charge in [0.2, 0.25) is 15.9 Å². The molecule has 160 valence electrons. The number of hydrogen-bond acceptors (Lipinski definition) is 5. The van der Waals surface area contributed by atoms with Crippen molar-refractivity contribution in [2.45, 2.75) is 31.2 Å². The first kappa shape index (κ1) is 20.5. The van der Waals surface area contributed by atoms with Gasteiger partial charge in [0, 0.05) is 20.1 Å². The van der Waals surface area contributed by atoms with Crippen LogP contribution in [0.2, 0.25) is 0 Å². The van der Waals surface area contributed by atoms with Crippen LogP contribution in [0.25, 0.3) is 5.69 Å². The predicted molar refractivity (Wildman–Crippen MR) is 110 cm³/mol. The number of fused-ring (bicyclic) bond motifs is 3. The Morgan fingerprint density at radius 1 is 1.27 bits per heavy atom. The SMILES string of the molecule is CNC(=O)CN1Cc2c(C(=O)N3CCCC(C)C3)ncn2-c2ccccc2S1(=O)=O. The van der Waals surface area contributed by atoms with E-state index in [4.69, 9.17) is 0 Å². The van der Waals surface area contributed by atoms with Crippen molar-refractivity contribution in [3.8, 4) is 5.69 Å². The predicted octanol–water partition coefficient (Wildman–Crippen LogP) is 0.995. The molecule has 0 bridgehead atoms. The van der Waals surface area contributed by atoms with Crippen LogP contribution in [0.5, 0.6) is 0 Å². The lowest BCUT2D eigenvalue weighted by molar-refractivity contribution is -0.120. The van der Waals surface area contributed by atoms with Gasteiger partial charge in [0.05, 0.1) is 24.5 Å². The summed E-state index contributed by atoms with van der Waals surface area (Å²) < 4.78 is 29.3. The number of likely N-dealkylation sites (tertiary alicyclic amines) is 1. The molecule has 2 aliphatic heterocycles. The van der Waals surface area contributed by atoms with Crippen LogP contribution >= 0.6 is 0 Å². The van der Waals surface area contributed by atoms with E-state index in [2.05, 4.69) is 17.2 Å². The molecule has 1 saturated heterocycles. The monoisotopic (exact) mass is 431 g/mol. The minimum atomic E-state index is -3.94. The second-order valence-corrected chi connectivity index (χ2v) is 9.73. The summed E-state index contributed by atoms with van der Waals surface area (Å²) in [5.74, 6) is -0.219. The molecule has 0 saturated carbocycles. The molecule has 1 unspecified atom stereocenters. The summed E-state index contributed by atoms with van der Waals surface area (Å²) in [6, 6.07) is 6.56. The summed E-state index contributed by atoms with van der Waals surface area (Å²) in [6.45, 7) is 2.97. The maximum absolute atomic E-state index is 13.3. The molecular weight excluding hydrogens is 406 g/mol. The number of para-hydroxylation sites is 1. The Bertz CT molecular complexity index is 1090. The topological polar surface area (TPSA) is 105 Å². The van der Waals surface area contributed by atoms with Gasteiger partial charge < -0.3 is 10.2 Å². The average Bonchev–Trinajstić information content (AvgIpc) is 3.12. The fourth-order valence-electron chi connectivity index (χ4n) is 4.08. The summed E-state index contributed by atoms with van der Waals surface area (Å²) >= 11 is 0. The number of carbonyl (C=O) groups is 2. The summed E-state index contributed by atoms with van der Waals surface area (Å²) in [4.78, 5) is 31.5. The quantitative estimate of drug-likeness (QED) is 0.781. The summed E-state index contributed by atoms with van der Waals surface area (Å²) in [7, 11) is -2.48. The van der Waals surface area contributed by atoms with E-state index < -0.39 is 15.9 Å². The molecular formula is C20H25N5O4S. The number of rotatable bonds is 3. The standard InChI is InChI=1S/C20H25N5O4S/c1-14-6-5-9-23(10-14)20(27)19-16-11-24(12-18(26)21-2)30(28,29)17-8-4-3-7-15(17)25(16)13-22-19/h3-4,7-8,13-14H,5-6,9-12H2,1-2H3,(H,21,26). The third-order valence-electron chi connectivity index (χ3n) is 5.68. The van der Waals surface area contributed by atoms with Gasteiger partial charge in [0.1, 0.15) is 11.2 Å². The number of hydrogen-bond donors (Lipinski definition) is 1. The molecule has 1 N–H and O–H groups in total. The van der Waals surface area contributed by atoms with Gasteiger partial charge >= 0.3 is 0 Å². The molecule has 10 heteroatoms. The molecule has 2 amide bonds. The van der Waals surface area contributed by atoms with Crippen LogP contribution in [0.4, 0.5) is 0 Å². The maximum Gasteiger partial charge on any atom is 0.274 e. The number of benzene rings is 1. The van der Waals surface area contributed by atoms with Crippen molar-refractivity contribution in [1.29, 1.82) is 0 Å². The summed E-state index contributed by atoms with van der Waals surface area (Å²) in [6.07, 6.45) is 3.51. The highest BCUT2D eigenvalue weighted by molar-refractivity contribution is 7.89. The van der Waals surface area contributed by atoms with Crippen molar-refractivity contribution in [3.05, 3.63) is 42.0 Å². The minimum Gasteiger partial charge on any atom is -0.358 e. The van der Waals surface area contributed by atoms with Gasteiger partial charge in [0.15, 0.2) is 5.69 Å². The molecule has 9 nitrogen and oxygen atoms in total. The van der Waals surface area contributed by atoms with E-state index in [-0.39, 0.29) is 29.6 Å². The maximum atomic E-state index is 13.3. The van der Waals surface area contributed by atoms with Gasteiger partial charge in [-0.05, 0) is 30.9 Å². The van der Waals surface area contributed by atoms with Crippen LogP contribution in [0.1, 0.15) is 35.9 Å². The fraction of sp³-hybridized carbons (Fsp3) is 0.450. The number of sulfonamides is 1. The van der Waals surface area contributed by atoms with Crippen molar-refractivity contribution in [1.82, 2.24) is 24.1 Å². The Morgan fingerprint density at radius 2 is 2.03 bits per heavy atom. The van der Waals surface area contributed by atoms with Gasteiger partial charge in [-0.2, -0.15) is 4.31 Å². The normalized spacial score (nSPS) is 20.7. The first-order chi connectivity index (χ1) is 14.3. The molecule has 0 aliphatic carbocycles. The zero-order chi connectivity index (χ0) is 21.5. The Balaban J connectivity index is 1.81. The highest BCUT2D eigenvalue weighted by atomic mass is 32.2. The minimum absolute atomic E-state index is 0.0793. The highest BCUT2D eigenvalue weighted by Gasteiger charge is 2.36. The van der Waals surface area contributed by atoms with Crippen molar-refractivity contribution in [2.75, 3.05) is 26.7 Å². The zero-order valence-corrected chi connectivity index (χ0v) is 17.9.